The van der Waals surface area contributed by atoms with Crippen LogP contribution < -0.4 is 5.32 Å². The van der Waals surface area contributed by atoms with Gasteiger partial charge < -0.3 is 10.4 Å². The van der Waals surface area contributed by atoms with Crippen LogP contribution in [0.3, 0.4) is 0 Å². The molecule has 0 saturated heterocycles. The summed E-state index contributed by atoms with van der Waals surface area (Å²) in [5.74, 6) is 1.08. The van der Waals surface area contributed by atoms with Crippen LogP contribution in [0.4, 0.5) is 0 Å². The van der Waals surface area contributed by atoms with Crippen molar-refractivity contribution in [1.29, 1.82) is 0 Å². The number of aromatic nitrogens is 3. The second-order valence-corrected chi connectivity index (χ2v) is 4.89. The summed E-state index contributed by atoms with van der Waals surface area (Å²) in [6.07, 6.45) is 2.35. The molecular formula is C12H15BrN4O. The Labute approximate surface area is 114 Å². The summed E-state index contributed by atoms with van der Waals surface area (Å²) in [4.78, 5) is 4.06. The number of H-pyrrole nitrogens is 1. The van der Waals surface area contributed by atoms with E-state index in [1.54, 1.807) is 6.07 Å². The van der Waals surface area contributed by atoms with Gasteiger partial charge in [-0.15, -0.1) is 0 Å². The molecule has 96 valence electrons. The van der Waals surface area contributed by atoms with Gasteiger partial charge >= 0.3 is 0 Å². The maximum absolute atomic E-state index is 9.90. The highest BCUT2D eigenvalue weighted by molar-refractivity contribution is 9.10. The van der Waals surface area contributed by atoms with Gasteiger partial charge in [-0.3, -0.25) is 5.10 Å². The molecule has 18 heavy (non-hydrogen) atoms. The van der Waals surface area contributed by atoms with Crippen LogP contribution in [0.2, 0.25) is 0 Å². The predicted molar refractivity (Wildman–Crippen MR) is 72.1 cm³/mol. The van der Waals surface area contributed by atoms with Crippen molar-refractivity contribution in [2.45, 2.75) is 25.9 Å². The summed E-state index contributed by atoms with van der Waals surface area (Å²) in [6.45, 7) is 2.66. The van der Waals surface area contributed by atoms with Crippen LogP contribution in [-0.4, -0.2) is 20.3 Å². The number of nitrogens with zero attached hydrogens (tertiary/aromatic N) is 2. The Morgan fingerprint density at radius 3 is 3.00 bits per heavy atom. The average Bonchev–Trinajstić information content (AvgIpc) is 2.87. The highest BCUT2D eigenvalue weighted by atomic mass is 79.9. The fourth-order valence-electron chi connectivity index (χ4n) is 1.81. The Morgan fingerprint density at radius 1 is 1.50 bits per heavy atom. The highest BCUT2D eigenvalue weighted by Crippen LogP contribution is 2.29. The first-order valence-corrected chi connectivity index (χ1v) is 6.56. The number of hydrogen-bond donors (Lipinski definition) is 3. The summed E-state index contributed by atoms with van der Waals surface area (Å²) in [5, 5.41) is 19.8. The lowest BCUT2D eigenvalue weighted by Crippen LogP contribution is -2.21. The molecular weight excluding hydrogens is 296 g/mol. The molecule has 0 aliphatic carbocycles. The van der Waals surface area contributed by atoms with Crippen molar-refractivity contribution in [3.63, 3.8) is 0 Å². The number of phenolic OH excluding ortho intramolecular Hbond substituents is 1. The van der Waals surface area contributed by atoms with Crippen molar-refractivity contribution in [2.24, 2.45) is 0 Å². The molecule has 3 N–H and O–H groups in total. The minimum absolute atomic E-state index is 0.0765. The van der Waals surface area contributed by atoms with Gasteiger partial charge in [0, 0.05) is 16.1 Å². The zero-order chi connectivity index (χ0) is 13.0. The van der Waals surface area contributed by atoms with Crippen molar-refractivity contribution in [3.8, 4) is 5.75 Å². The topological polar surface area (TPSA) is 73.8 Å². The molecule has 1 unspecified atom stereocenters. The minimum Gasteiger partial charge on any atom is -0.508 e. The predicted octanol–water partition coefficient (Wildman–Crippen LogP) is 2.51. The fraction of sp³-hybridized carbons (Fsp3) is 0.333. The first kappa shape index (κ1) is 13.0. The largest absolute Gasteiger partial charge is 0.508 e. The van der Waals surface area contributed by atoms with Gasteiger partial charge in [0.1, 0.15) is 17.9 Å². The molecule has 0 saturated carbocycles. The highest BCUT2D eigenvalue weighted by Gasteiger charge is 2.14. The Kier molecular flexibility index (Phi) is 4.33. The third kappa shape index (κ3) is 3.08. The van der Waals surface area contributed by atoms with E-state index in [1.807, 2.05) is 12.1 Å². The van der Waals surface area contributed by atoms with Crippen LogP contribution in [-0.2, 0) is 6.54 Å². The van der Waals surface area contributed by atoms with Gasteiger partial charge in [0.25, 0.3) is 0 Å². The molecule has 2 rings (SSSR count). The molecule has 5 nitrogen and oxygen atoms in total. The molecule has 6 heteroatoms. The fourth-order valence-corrected chi connectivity index (χ4v) is 2.19. The van der Waals surface area contributed by atoms with E-state index in [2.05, 4.69) is 43.4 Å². The van der Waals surface area contributed by atoms with Crippen molar-refractivity contribution >= 4 is 15.9 Å². The number of benzene rings is 1. The van der Waals surface area contributed by atoms with Gasteiger partial charge in [-0.1, -0.05) is 22.9 Å². The van der Waals surface area contributed by atoms with Crippen LogP contribution >= 0.6 is 15.9 Å². The molecule has 1 aromatic heterocycles. The summed E-state index contributed by atoms with van der Waals surface area (Å²) >= 11 is 3.42. The Bertz CT molecular complexity index is 501. The van der Waals surface area contributed by atoms with Gasteiger partial charge in [-0.2, -0.15) is 5.10 Å². The lowest BCUT2D eigenvalue weighted by molar-refractivity contribution is 0.438. The average molecular weight is 311 g/mol. The molecule has 0 spiro atoms. The van der Waals surface area contributed by atoms with Crippen LogP contribution in [0.15, 0.2) is 29.0 Å². The van der Waals surface area contributed by atoms with E-state index in [9.17, 15) is 5.11 Å². The smallest absolute Gasteiger partial charge is 0.138 e. The minimum atomic E-state index is 0.0765. The van der Waals surface area contributed by atoms with E-state index >= 15 is 0 Å². The van der Waals surface area contributed by atoms with E-state index in [0.717, 1.165) is 22.3 Å². The van der Waals surface area contributed by atoms with Gasteiger partial charge in [-0.25, -0.2) is 4.98 Å². The number of hydrogen-bond acceptors (Lipinski definition) is 4. The molecule has 0 fully saturated rings. The van der Waals surface area contributed by atoms with Gasteiger partial charge in [-0.05, 0) is 24.6 Å². The quantitative estimate of drug-likeness (QED) is 0.793. The summed E-state index contributed by atoms with van der Waals surface area (Å²) in [6, 6.07) is 5.52. The standard InChI is InChI=1S/C12H15BrN4O/c1-2-10(14-6-12-15-7-16-17-12)9-5-8(13)3-4-11(9)18/h3-5,7,10,14,18H,2,6H2,1H3,(H,15,16,17). The van der Waals surface area contributed by atoms with Crippen LogP contribution in [0.5, 0.6) is 5.75 Å². The third-order valence-corrected chi connectivity index (χ3v) is 3.25. The third-order valence-electron chi connectivity index (χ3n) is 2.75. The van der Waals surface area contributed by atoms with Crippen molar-refractivity contribution in [2.75, 3.05) is 0 Å². The Morgan fingerprint density at radius 2 is 2.33 bits per heavy atom. The lowest BCUT2D eigenvalue weighted by Gasteiger charge is -2.18. The maximum atomic E-state index is 9.90. The molecule has 0 bridgehead atoms. The monoisotopic (exact) mass is 310 g/mol. The maximum Gasteiger partial charge on any atom is 0.138 e. The molecule has 0 aliphatic rings. The van der Waals surface area contributed by atoms with E-state index in [4.69, 9.17) is 0 Å². The second kappa shape index (κ2) is 5.97. The van der Waals surface area contributed by atoms with Gasteiger partial charge in [0.05, 0.1) is 6.54 Å². The number of nitrogens with one attached hydrogen (secondary N) is 2. The lowest BCUT2D eigenvalue weighted by atomic mass is 10.0. The van der Waals surface area contributed by atoms with E-state index in [0.29, 0.717) is 12.3 Å². The molecule has 0 aliphatic heterocycles. The zero-order valence-corrected chi connectivity index (χ0v) is 11.6. The summed E-state index contributed by atoms with van der Waals surface area (Å²) in [5.41, 5.74) is 0.881. The molecule has 1 aromatic carbocycles. The zero-order valence-electron chi connectivity index (χ0n) is 10.0. The number of phenols is 1. The molecule has 0 radical (unpaired) electrons. The number of halogens is 1. The second-order valence-electron chi connectivity index (χ2n) is 3.98. The summed E-state index contributed by atoms with van der Waals surface area (Å²) in [7, 11) is 0. The molecule has 2 aromatic rings. The van der Waals surface area contributed by atoms with Crippen molar-refractivity contribution in [1.82, 2.24) is 20.5 Å². The number of rotatable bonds is 5. The van der Waals surface area contributed by atoms with Crippen LogP contribution in [0, 0.1) is 0 Å². The normalized spacial score (nSPS) is 12.6. The first-order chi connectivity index (χ1) is 8.70. The molecule has 0 amide bonds. The Hall–Kier alpha value is -1.40. The van der Waals surface area contributed by atoms with E-state index in [-0.39, 0.29) is 6.04 Å². The first-order valence-electron chi connectivity index (χ1n) is 5.76. The van der Waals surface area contributed by atoms with Crippen molar-refractivity contribution < 1.29 is 5.11 Å². The molecule has 1 atom stereocenters. The Balaban J connectivity index is 2.10. The van der Waals surface area contributed by atoms with Crippen molar-refractivity contribution in [3.05, 3.63) is 40.4 Å². The van der Waals surface area contributed by atoms with Crippen LogP contribution in [0.1, 0.15) is 30.8 Å². The summed E-state index contributed by atoms with van der Waals surface area (Å²) < 4.78 is 0.954. The molecule has 1 heterocycles. The number of aromatic amines is 1. The van der Waals surface area contributed by atoms with E-state index < -0.39 is 0 Å². The van der Waals surface area contributed by atoms with E-state index in [1.165, 1.54) is 6.33 Å². The van der Waals surface area contributed by atoms with Gasteiger partial charge in [0.15, 0.2) is 0 Å². The van der Waals surface area contributed by atoms with Gasteiger partial charge in [0.2, 0.25) is 0 Å². The van der Waals surface area contributed by atoms with Crippen LogP contribution in [0.25, 0.3) is 0 Å². The number of aromatic hydroxyl groups is 1. The SMILES string of the molecule is CCC(NCc1ncn[nH]1)c1cc(Br)ccc1O.